The van der Waals surface area contributed by atoms with Gasteiger partial charge in [-0.15, -0.1) is 0 Å². The average Bonchev–Trinajstić information content (AvgIpc) is 3.06. The zero-order chi connectivity index (χ0) is 23.2. The molecular weight excluding hydrogens is 417 g/mol. The van der Waals surface area contributed by atoms with Gasteiger partial charge < -0.3 is 25.5 Å². The summed E-state index contributed by atoms with van der Waals surface area (Å²) in [4.78, 5) is 51.7. The Morgan fingerprint density at radius 3 is 2.61 bits per heavy atom. The number of hydrogen-bond acceptors (Lipinski definition) is 6. The summed E-state index contributed by atoms with van der Waals surface area (Å²) in [7, 11) is 1.27. The Labute approximate surface area is 176 Å². The van der Waals surface area contributed by atoms with Crippen molar-refractivity contribution in [2.45, 2.75) is 37.6 Å². The number of nitrogens with one attached hydrogen (secondary N) is 1. The summed E-state index contributed by atoms with van der Waals surface area (Å²) in [5, 5.41) is 1.89. The molecule has 1 aromatic carbocycles. The molecule has 3 N–H and O–H groups in total. The SMILES string of the molecule is CN=C/C(=C\N)[C@@H](NC(=O)c1ccc2c(c1)CN(C(C=O)CCC=O)C2=O)C(F)(F)F. The Hall–Kier alpha value is -3.50. The minimum atomic E-state index is -4.82. The van der Waals surface area contributed by atoms with Crippen LogP contribution in [0.1, 0.15) is 39.1 Å². The van der Waals surface area contributed by atoms with Crippen molar-refractivity contribution in [2.24, 2.45) is 10.7 Å². The molecule has 166 valence electrons. The van der Waals surface area contributed by atoms with Gasteiger partial charge in [-0.3, -0.25) is 14.6 Å². The highest BCUT2D eigenvalue weighted by molar-refractivity contribution is 6.02. The minimum Gasteiger partial charge on any atom is -0.404 e. The zero-order valence-electron chi connectivity index (χ0n) is 16.6. The molecule has 1 unspecified atom stereocenters. The molecule has 2 atom stereocenters. The van der Waals surface area contributed by atoms with E-state index in [1.54, 1.807) is 0 Å². The second-order valence-corrected chi connectivity index (χ2v) is 6.75. The van der Waals surface area contributed by atoms with Gasteiger partial charge in [-0.1, -0.05) is 0 Å². The van der Waals surface area contributed by atoms with Gasteiger partial charge in [0.2, 0.25) is 0 Å². The van der Waals surface area contributed by atoms with Gasteiger partial charge in [0.05, 0.1) is 6.04 Å². The molecule has 0 aromatic heterocycles. The van der Waals surface area contributed by atoms with Crippen molar-refractivity contribution in [1.82, 2.24) is 10.2 Å². The number of carbonyl (C=O) groups is 4. The number of rotatable bonds is 9. The molecule has 1 aromatic rings. The number of nitrogens with zero attached hydrogens (tertiary/aromatic N) is 2. The first kappa shape index (κ1) is 23.8. The summed E-state index contributed by atoms with van der Waals surface area (Å²) in [6.45, 7) is -0.00328. The first-order chi connectivity index (χ1) is 14.7. The third kappa shape index (κ3) is 5.36. The van der Waals surface area contributed by atoms with Crippen LogP contribution in [0.25, 0.3) is 0 Å². The second kappa shape index (κ2) is 10.0. The quantitative estimate of drug-likeness (QED) is 0.446. The predicted molar refractivity (Wildman–Crippen MR) is 105 cm³/mol. The average molecular weight is 438 g/mol. The second-order valence-electron chi connectivity index (χ2n) is 6.75. The molecule has 0 saturated carbocycles. The van der Waals surface area contributed by atoms with Gasteiger partial charge in [-0.2, -0.15) is 13.2 Å². The van der Waals surface area contributed by atoms with Crippen LogP contribution in [0.3, 0.4) is 0 Å². The van der Waals surface area contributed by atoms with E-state index in [-0.39, 0.29) is 30.5 Å². The van der Waals surface area contributed by atoms with Gasteiger partial charge in [0, 0.05) is 49.1 Å². The van der Waals surface area contributed by atoms with E-state index in [1.165, 1.54) is 30.1 Å². The van der Waals surface area contributed by atoms with Crippen molar-refractivity contribution in [1.29, 1.82) is 0 Å². The number of halogens is 3. The Kier molecular flexibility index (Phi) is 7.67. The van der Waals surface area contributed by atoms with E-state index in [9.17, 15) is 32.3 Å². The Morgan fingerprint density at radius 1 is 1.35 bits per heavy atom. The molecule has 0 saturated heterocycles. The third-order valence-corrected chi connectivity index (χ3v) is 4.74. The van der Waals surface area contributed by atoms with Crippen molar-refractivity contribution < 1.29 is 32.3 Å². The molecule has 0 spiro atoms. The van der Waals surface area contributed by atoms with Crippen molar-refractivity contribution in [3.8, 4) is 0 Å². The largest absolute Gasteiger partial charge is 0.412 e. The lowest BCUT2D eigenvalue weighted by Crippen LogP contribution is -2.47. The molecule has 8 nitrogen and oxygen atoms in total. The number of alkyl halides is 3. The topological polar surface area (TPSA) is 122 Å². The number of aldehydes is 2. The fourth-order valence-corrected chi connectivity index (χ4v) is 3.22. The molecule has 1 aliphatic heterocycles. The van der Waals surface area contributed by atoms with Crippen molar-refractivity contribution in [3.63, 3.8) is 0 Å². The number of amides is 2. The fraction of sp³-hybridized carbons (Fsp3) is 0.350. The van der Waals surface area contributed by atoms with E-state index in [4.69, 9.17) is 5.73 Å². The van der Waals surface area contributed by atoms with Gasteiger partial charge in [0.15, 0.2) is 6.04 Å². The summed E-state index contributed by atoms with van der Waals surface area (Å²) in [5.41, 5.74) is 5.35. The van der Waals surface area contributed by atoms with Crippen LogP contribution < -0.4 is 11.1 Å². The summed E-state index contributed by atoms with van der Waals surface area (Å²) >= 11 is 0. The van der Waals surface area contributed by atoms with Gasteiger partial charge in [-0.25, -0.2) is 0 Å². The number of carbonyl (C=O) groups excluding carboxylic acids is 4. The lowest BCUT2D eigenvalue weighted by atomic mass is 10.0. The number of fused-ring (bicyclic) bond motifs is 1. The zero-order valence-corrected chi connectivity index (χ0v) is 16.6. The lowest BCUT2D eigenvalue weighted by molar-refractivity contribution is -0.143. The van der Waals surface area contributed by atoms with Crippen LogP contribution in [0, 0.1) is 0 Å². The third-order valence-electron chi connectivity index (χ3n) is 4.74. The van der Waals surface area contributed by atoms with E-state index in [1.807, 2.05) is 5.32 Å². The molecule has 0 fully saturated rings. The highest BCUT2D eigenvalue weighted by Crippen LogP contribution is 2.28. The standard InChI is InChI=1S/C20H21F3N4O4/c1-25-9-14(8-24)17(20(21,22)23)26-18(30)12-4-5-16-13(7-12)10-27(19(16)31)15(11-29)3-2-6-28/h4-9,11,15,17H,2-3,10,24H2,1H3,(H,26,30)/b14-8+,25-9?/t15?,17-/m1/s1. The molecule has 0 radical (unpaired) electrons. The maximum Gasteiger partial charge on any atom is 0.412 e. The van der Waals surface area contributed by atoms with Crippen LogP contribution >= 0.6 is 0 Å². The van der Waals surface area contributed by atoms with E-state index < -0.39 is 35.6 Å². The van der Waals surface area contributed by atoms with Gasteiger partial charge in [0.1, 0.15) is 12.6 Å². The Morgan fingerprint density at radius 2 is 2.06 bits per heavy atom. The van der Waals surface area contributed by atoms with Crippen LogP contribution in [0.5, 0.6) is 0 Å². The minimum absolute atomic E-state index is 0.00328. The lowest BCUT2D eigenvalue weighted by Gasteiger charge is -2.22. The highest BCUT2D eigenvalue weighted by Gasteiger charge is 2.43. The number of nitrogens with two attached hydrogens (primary N) is 1. The maximum absolute atomic E-state index is 13.4. The normalized spacial score (nSPS) is 16.2. The van der Waals surface area contributed by atoms with Crippen LogP contribution in [0.2, 0.25) is 0 Å². The molecule has 1 heterocycles. The molecule has 0 aliphatic carbocycles. The number of benzene rings is 1. The van der Waals surface area contributed by atoms with Crippen LogP contribution in [-0.2, 0) is 16.1 Å². The maximum atomic E-state index is 13.4. The molecule has 11 heteroatoms. The van der Waals surface area contributed by atoms with Crippen LogP contribution in [-0.4, -0.2) is 60.8 Å². The van der Waals surface area contributed by atoms with Crippen molar-refractivity contribution in [3.05, 3.63) is 46.7 Å². The van der Waals surface area contributed by atoms with Crippen molar-refractivity contribution in [2.75, 3.05) is 7.05 Å². The molecule has 2 amide bonds. The Balaban J connectivity index is 2.26. The molecular formula is C20H21F3N4O4. The molecule has 2 rings (SSSR count). The first-order valence-electron chi connectivity index (χ1n) is 9.22. The predicted octanol–water partition coefficient (Wildman–Crippen LogP) is 1.39. The van der Waals surface area contributed by atoms with E-state index >= 15 is 0 Å². The highest BCUT2D eigenvalue weighted by atomic mass is 19.4. The van der Waals surface area contributed by atoms with E-state index in [0.717, 1.165) is 6.21 Å². The van der Waals surface area contributed by atoms with Crippen LogP contribution in [0.15, 0.2) is 35.0 Å². The van der Waals surface area contributed by atoms with Gasteiger partial charge in [-0.05, 0) is 30.2 Å². The molecule has 31 heavy (non-hydrogen) atoms. The molecule has 0 bridgehead atoms. The summed E-state index contributed by atoms with van der Waals surface area (Å²) in [5.74, 6) is -1.47. The van der Waals surface area contributed by atoms with Gasteiger partial charge >= 0.3 is 6.18 Å². The summed E-state index contributed by atoms with van der Waals surface area (Å²) < 4.78 is 40.3. The first-order valence-corrected chi connectivity index (χ1v) is 9.22. The number of aliphatic imine (C=N–C) groups is 1. The fourth-order valence-electron chi connectivity index (χ4n) is 3.22. The Bertz CT molecular complexity index is 927. The monoisotopic (exact) mass is 438 g/mol. The van der Waals surface area contributed by atoms with Crippen molar-refractivity contribution >= 4 is 30.6 Å². The van der Waals surface area contributed by atoms with Gasteiger partial charge in [0.25, 0.3) is 11.8 Å². The number of hydrogen-bond donors (Lipinski definition) is 2. The van der Waals surface area contributed by atoms with E-state index in [0.29, 0.717) is 24.3 Å². The smallest absolute Gasteiger partial charge is 0.404 e. The summed E-state index contributed by atoms with van der Waals surface area (Å²) in [6.07, 6.45) is -1.77. The summed E-state index contributed by atoms with van der Waals surface area (Å²) in [6, 6.07) is 0.663. The molecule has 1 aliphatic rings. The van der Waals surface area contributed by atoms with Crippen LogP contribution in [0.4, 0.5) is 13.2 Å². The van der Waals surface area contributed by atoms with E-state index in [2.05, 4.69) is 4.99 Å².